The van der Waals surface area contributed by atoms with E-state index in [1.165, 1.54) is 16.5 Å². The molecule has 0 radical (unpaired) electrons. The molecule has 14 heavy (non-hydrogen) atoms. The lowest BCUT2D eigenvalue weighted by Gasteiger charge is -1.99. The first-order valence-electron chi connectivity index (χ1n) is 4.86. The van der Waals surface area contributed by atoms with Crippen LogP contribution in [0.2, 0.25) is 0 Å². The smallest absolute Gasteiger partial charge is 0.0910 e. The van der Waals surface area contributed by atoms with Crippen molar-refractivity contribution in [2.24, 2.45) is 0 Å². The molecule has 1 unspecified atom stereocenters. The lowest BCUT2D eigenvalue weighted by atomic mass is 10.1. The van der Waals surface area contributed by atoms with Gasteiger partial charge < -0.3 is 10.1 Å². The van der Waals surface area contributed by atoms with Crippen molar-refractivity contribution in [3.8, 4) is 0 Å². The van der Waals surface area contributed by atoms with Gasteiger partial charge in [0, 0.05) is 16.6 Å². The second kappa shape index (κ2) is 3.14. The molecule has 0 aliphatic carbocycles. The maximum Gasteiger partial charge on any atom is 0.0910 e. The van der Waals surface area contributed by atoms with Crippen molar-refractivity contribution in [2.45, 2.75) is 26.9 Å². The average molecular weight is 189 g/mol. The van der Waals surface area contributed by atoms with Gasteiger partial charge in [0.25, 0.3) is 0 Å². The molecular weight excluding hydrogens is 174 g/mol. The van der Waals surface area contributed by atoms with E-state index in [9.17, 15) is 5.11 Å². The highest BCUT2D eigenvalue weighted by molar-refractivity contribution is 5.86. The van der Waals surface area contributed by atoms with Crippen LogP contribution in [0.25, 0.3) is 10.9 Å². The fourth-order valence-electron chi connectivity index (χ4n) is 1.75. The first kappa shape index (κ1) is 9.28. The van der Waals surface area contributed by atoms with Crippen LogP contribution in [0, 0.1) is 13.8 Å². The lowest BCUT2D eigenvalue weighted by Crippen LogP contribution is -1.89. The Morgan fingerprint density at radius 2 is 1.86 bits per heavy atom. The minimum Gasteiger partial charge on any atom is -0.387 e. The van der Waals surface area contributed by atoms with Crippen molar-refractivity contribution in [3.05, 3.63) is 35.0 Å². The van der Waals surface area contributed by atoms with Crippen molar-refractivity contribution in [1.82, 2.24) is 4.98 Å². The zero-order valence-corrected chi connectivity index (χ0v) is 8.76. The second-order valence-corrected chi connectivity index (χ2v) is 3.89. The number of rotatable bonds is 1. The zero-order chi connectivity index (χ0) is 10.3. The van der Waals surface area contributed by atoms with Gasteiger partial charge in [0.1, 0.15) is 0 Å². The number of fused-ring (bicyclic) bond motifs is 1. The molecule has 1 atom stereocenters. The molecule has 0 aliphatic rings. The summed E-state index contributed by atoms with van der Waals surface area (Å²) in [4.78, 5) is 3.25. The summed E-state index contributed by atoms with van der Waals surface area (Å²) in [6, 6.07) is 6.24. The molecular formula is C12H15NO. The number of hydrogen-bond acceptors (Lipinski definition) is 1. The van der Waals surface area contributed by atoms with Gasteiger partial charge in [-0.3, -0.25) is 0 Å². The third-order valence-electron chi connectivity index (χ3n) is 2.69. The molecule has 1 heterocycles. The summed E-state index contributed by atoms with van der Waals surface area (Å²) in [7, 11) is 0. The standard InChI is InChI=1S/C12H15NO/c1-7-4-5-8(2)12-10(7)6-11(13-12)9(3)14/h4-6,9,13-14H,1-3H3. The average Bonchev–Trinajstić information content (AvgIpc) is 2.57. The van der Waals surface area contributed by atoms with Crippen molar-refractivity contribution in [1.29, 1.82) is 0 Å². The monoisotopic (exact) mass is 189 g/mol. The molecule has 0 aliphatic heterocycles. The fraction of sp³-hybridized carbons (Fsp3) is 0.333. The van der Waals surface area contributed by atoms with E-state index < -0.39 is 6.10 Å². The summed E-state index contributed by atoms with van der Waals surface area (Å²) in [5.74, 6) is 0. The highest BCUT2D eigenvalue weighted by Gasteiger charge is 2.08. The van der Waals surface area contributed by atoms with Gasteiger partial charge >= 0.3 is 0 Å². The van der Waals surface area contributed by atoms with Crippen LogP contribution in [-0.2, 0) is 0 Å². The Kier molecular flexibility index (Phi) is 2.08. The third-order valence-corrected chi connectivity index (χ3v) is 2.69. The molecule has 0 saturated heterocycles. The molecule has 2 rings (SSSR count). The molecule has 0 fully saturated rings. The molecule has 1 aromatic heterocycles. The molecule has 0 saturated carbocycles. The van der Waals surface area contributed by atoms with E-state index in [0.29, 0.717) is 0 Å². The number of aliphatic hydroxyl groups excluding tert-OH is 1. The zero-order valence-electron chi connectivity index (χ0n) is 8.76. The SMILES string of the molecule is Cc1ccc(C)c2[nH]c(C(C)O)cc12. The summed E-state index contributed by atoms with van der Waals surface area (Å²) in [5, 5.41) is 10.7. The molecule has 0 bridgehead atoms. The molecule has 1 aromatic carbocycles. The molecule has 2 nitrogen and oxygen atoms in total. The van der Waals surface area contributed by atoms with Gasteiger partial charge in [-0.05, 0) is 38.0 Å². The van der Waals surface area contributed by atoms with Gasteiger partial charge in [-0.2, -0.15) is 0 Å². The Balaban J connectivity index is 2.75. The number of aromatic amines is 1. The topological polar surface area (TPSA) is 36.0 Å². The Bertz CT molecular complexity index is 429. The normalized spacial score (nSPS) is 13.4. The van der Waals surface area contributed by atoms with Crippen molar-refractivity contribution in [2.75, 3.05) is 0 Å². The number of aliphatic hydroxyl groups is 1. The minimum atomic E-state index is -0.429. The van der Waals surface area contributed by atoms with Crippen LogP contribution in [0.3, 0.4) is 0 Å². The van der Waals surface area contributed by atoms with Crippen LogP contribution in [0.1, 0.15) is 29.8 Å². The van der Waals surface area contributed by atoms with Crippen LogP contribution in [0.4, 0.5) is 0 Å². The van der Waals surface area contributed by atoms with Crippen LogP contribution >= 0.6 is 0 Å². The van der Waals surface area contributed by atoms with E-state index in [-0.39, 0.29) is 0 Å². The number of H-pyrrole nitrogens is 1. The van der Waals surface area contributed by atoms with Crippen molar-refractivity contribution in [3.63, 3.8) is 0 Å². The van der Waals surface area contributed by atoms with E-state index >= 15 is 0 Å². The van der Waals surface area contributed by atoms with Gasteiger partial charge in [0.2, 0.25) is 0 Å². The van der Waals surface area contributed by atoms with Gasteiger partial charge in [0.05, 0.1) is 6.10 Å². The predicted molar refractivity (Wildman–Crippen MR) is 58.4 cm³/mol. The van der Waals surface area contributed by atoms with Gasteiger partial charge in [0.15, 0.2) is 0 Å². The summed E-state index contributed by atoms with van der Waals surface area (Å²) in [5.41, 5.74) is 4.49. The van der Waals surface area contributed by atoms with Crippen LogP contribution in [0.15, 0.2) is 18.2 Å². The van der Waals surface area contributed by atoms with E-state index in [2.05, 4.69) is 31.0 Å². The highest BCUT2D eigenvalue weighted by Crippen LogP contribution is 2.25. The fourth-order valence-corrected chi connectivity index (χ4v) is 1.75. The maximum absolute atomic E-state index is 9.48. The molecule has 2 aromatic rings. The molecule has 2 heteroatoms. The first-order valence-corrected chi connectivity index (χ1v) is 4.86. The number of aromatic nitrogens is 1. The predicted octanol–water partition coefficient (Wildman–Crippen LogP) is 2.84. The van der Waals surface area contributed by atoms with E-state index in [4.69, 9.17) is 0 Å². The third kappa shape index (κ3) is 1.32. The number of aryl methyl sites for hydroxylation is 2. The lowest BCUT2D eigenvalue weighted by molar-refractivity contribution is 0.195. The first-order chi connectivity index (χ1) is 6.59. The maximum atomic E-state index is 9.48. The Morgan fingerprint density at radius 3 is 2.43 bits per heavy atom. The Morgan fingerprint density at radius 1 is 1.21 bits per heavy atom. The molecule has 0 spiro atoms. The Hall–Kier alpha value is -1.28. The Labute approximate surface area is 83.6 Å². The van der Waals surface area contributed by atoms with Gasteiger partial charge in [-0.1, -0.05) is 12.1 Å². The van der Waals surface area contributed by atoms with Crippen molar-refractivity contribution >= 4 is 10.9 Å². The largest absolute Gasteiger partial charge is 0.387 e. The molecule has 74 valence electrons. The van der Waals surface area contributed by atoms with Crippen molar-refractivity contribution < 1.29 is 5.11 Å². The van der Waals surface area contributed by atoms with E-state index in [1.807, 2.05) is 6.07 Å². The number of nitrogens with one attached hydrogen (secondary N) is 1. The minimum absolute atomic E-state index is 0.429. The molecule has 0 amide bonds. The van der Waals surface area contributed by atoms with Gasteiger partial charge in [-0.15, -0.1) is 0 Å². The van der Waals surface area contributed by atoms with Gasteiger partial charge in [-0.25, -0.2) is 0 Å². The summed E-state index contributed by atoms with van der Waals surface area (Å²) in [6.07, 6.45) is -0.429. The van der Waals surface area contributed by atoms with Crippen LogP contribution in [-0.4, -0.2) is 10.1 Å². The summed E-state index contributed by atoms with van der Waals surface area (Å²) < 4.78 is 0. The second-order valence-electron chi connectivity index (χ2n) is 3.89. The number of benzene rings is 1. The quantitative estimate of drug-likeness (QED) is 0.711. The highest BCUT2D eigenvalue weighted by atomic mass is 16.3. The summed E-state index contributed by atoms with van der Waals surface area (Å²) in [6.45, 7) is 5.93. The molecule has 2 N–H and O–H groups in total. The van der Waals surface area contributed by atoms with Crippen LogP contribution < -0.4 is 0 Å². The van der Waals surface area contributed by atoms with E-state index in [1.54, 1.807) is 6.92 Å². The summed E-state index contributed by atoms with van der Waals surface area (Å²) >= 11 is 0. The van der Waals surface area contributed by atoms with E-state index in [0.717, 1.165) is 11.2 Å². The number of hydrogen-bond donors (Lipinski definition) is 2. The van der Waals surface area contributed by atoms with Crippen LogP contribution in [0.5, 0.6) is 0 Å².